The Balaban J connectivity index is 2.20. The highest BCUT2D eigenvalue weighted by atomic mass is 32.2. The SMILES string of the molecule is CCc1ccc(N([C@@H](C)C(=O)N[C@H](C)c2ccc(C(C)(C)C)cc2)S(C)(=O)=O)cc1. The van der Waals surface area contributed by atoms with E-state index in [2.05, 4.69) is 38.2 Å². The van der Waals surface area contributed by atoms with Crippen molar-refractivity contribution in [1.82, 2.24) is 5.32 Å². The van der Waals surface area contributed by atoms with Gasteiger partial charge in [0.2, 0.25) is 15.9 Å². The predicted octanol–water partition coefficient (Wildman–Crippen LogP) is 4.58. The van der Waals surface area contributed by atoms with Crippen molar-refractivity contribution >= 4 is 21.6 Å². The summed E-state index contributed by atoms with van der Waals surface area (Å²) in [7, 11) is -3.63. The number of benzene rings is 2. The molecular weight excluding hydrogens is 396 g/mol. The van der Waals surface area contributed by atoms with Crippen LogP contribution in [0, 0.1) is 0 Å². The number of aryl methyl sites for hydroxylation is 1. The second-order valence-electron chi connectivity index (χ2n) is 8.86. The zero-order valence-corrected chi connectivity index (χ0v) is 19.9. The van der Waals surface area contributed by atoms with Crippen molar-refractivity contribution < 1.29 is 13.2 Å². The second-order valence-corrected chi connectivity index (χ2v) is 10.7. The summed E-state index contributed by atoms with van der Waals surface area (Å²) in [5.74, 6) is -0.340. The Hall–Kier alpha value is -2.34. The lowest BCUT2D eigenvalue weighted by atomic mass is 9.86. The van der Waals surface area contributed by atoms with Crippen molar-refractivity contribution in [2.45, 2.75) is 65.5 Å². The van der Waals surface area contributed by atoms with Gasteiger partial charge in [-0.2, -0.15) is 0 Å². The van der Waals surface area contributed by atoms with E-state index in [0.29, 0.717) is 5.69 Å². The number of carbonyl (C=O) groups is 1. The van der Waals surface area contributed by atoms with Gasteiger partial charge in [-0.15, -0.1) is 0 Å². The largest absolute Gasteiger partial charge is 0.348 e. The molecule has 0 saturated carbocycles. The van der Waals surface area contributed by atoms with E-state index in [4.69, 9.17) is 0 Å². The molecule has 0 bridgehead atoms. The number of hydrogen-bond donors (Lipinski definition) is 1. The average Bonchev–Trinajstić information content (AvgIpc) is 2.66. The summed E-state index contributed by atoms with van der Waals surface area (Å²) in [4.78, 5) is 12.9. The molecule has 0 unspecified atom stereocenters. The van der Waals surface area contributed by atoms with Crippen LogP contribution in [0.25, 0.3) is 0 Å². The molecule has 30 heavy (non-hydrogen) atoms. The molecule has 2 aromatic rings. The molecule has 1 amide bonds. The van der Waals surface area contributed by atoms with Gasteiger partial charge in [-0.1, -0.05) is 64.1 Å². The van der Waals surface area contributed by atoms with Gasteiger partial charge in [0, 0.05) is 0 Å². The molecule has 0 spiro atoms. The molecule has 0 aliphatic rings. The van der Waals surface area contributed by atoms with E-state index < -0.39 is 16.1 Å². The van der Waals surface area contributed by atoms with Crippen LogP contribution in [0.15, 0.2) is 48.5 Å². The minimum Gasteiger partial charge on any atom is -0.348 e. The third-order valence-electron chi connectivity index (χ3n) is 5.32. The molecule has 2 atom stereocenters. The second kappa shape index (κ2) is 9.21. The Morgan fingerprint density at radius 3 is 1.97 bits per heavy atom. The fourth-order valence-electron chi connectivity index (χ4n) is 3.38. The lowest BCUT2D eigenvalue weighted by molar-refractivity contribution is -0.122. The van der Waals surface area contributed by atoms with E-state index >= 15 is 0 Å². The standard InChI is InChI=1S/C24H34N2O3S/c1-8-19-9-15-22(16-10-19)26(30(7,28)29)18(3)23(27)25-17(2)20-11-13-21(14-12-20)24(4,5)6/h9-18H,8H2,1-7H3,(H,25,27)/t17-,18+/m1/s1. The Labute approximate surface area is 181 Å². The Bertz CT molecular complexity index is 959. The van der Waals surface area contributed by atoms with Crippen LogP contribution in [-0.2, 0) is 26.7 Å². The highest BCUT2D eigenvalue weighted by Crippen LogP contribution is 2.25. The molecular formula is C24H34N2O3S. The molecule has 0 aromatic heterocycles. The molecule has 6 heteroatoms. The fraction of sp³-hybridized carbons (Fsp3) is 0.458. The van der Waals surface area contributed by atoms with Gasteiger partial charge in [-0.25, -0.2) is 8.42 Å². The van der Waals surface area contributed by atoms with E-state index in [1.165, 1.54) is 9.87 Å². The monoisotopic (exact) mass is 430 g/mol. The smallest absolute Gasteiger partial charge is 0.244 e. The van der Waals surface area contributed by atoms with Gasteiger partial charge in [0.15, 0.2) is 0 Å². The number of hydrogen-bond acceptors (Lipinski definition) is 3. The first-order valence-electron chi connectivity index (χ1n) is 10.3. The van der Waals surface area contributed by atoms with Gasteiger partial charge >= 0.3 is 0 Å². The first kappa shape index (κ1) is 23.9. The lowest BCUT2D eigenvalue weighted by Crippen LogP contribution is -2.48. The summed E-state index contributed by atoms with van der Waals surface area (Å²) in [6, 6.07) is 14.3. The fourth-order valence-corrected chi connectivity index (χ4v) is 4.55. The first-order chi connectivity index (χ1) is 13.8. The molecule has 1 N–H and O–H groups in total. The zero-order valence-electron chi connectivity index (χ0n) is 19.1. The van der Waals surface area contributed by atoms with Crippen LogP contribution >= 0.6 is 0 Å². The average molecular weight is 431 g/mol. The van der Waals surface area contributed by atoms with Gasteiger partial charge in [0.1, 0.15) is 6.04 Å². The van der Waals surface area contributed by atoms with E-state index in [0.717, 1.165) is 23.8 Å². The van der Waals surface area contributed by atoms with Gasteiger partial charge in [0.25, 0.3) is 0 Å². The Morgan fingerprint density at radius 2 is 1.53 bits per heavy atom. The molecule has 0 saturated heterocycles. The Kier molecular flexibility index (Phi) is 7.35. The number of sulfonamides is 1. The van der Waals surface area contributed by atoms with Crippen LogP contribution in [0.5, 0.6) is 0 Å². The third-order valence-corrected chi connectivity index (χ3v) is 6.56. The first-order valence-corrected chi connectivity index (χ1v) is 12.2. The van der Waals surface area contributed by atoms with Gasteiger partial charge in [-0.3, -0.25) is 9.10 Å². The highest BCUT2D eigenvalue weighted by molar-refractivity contribution is 7.92. The molecule has 0 fully saturated rings. The van der Waals surface area contributed by atoms with Crippen LogP contribution in [0.2, 0.25) is 0 Å². The maximum absolute atomic E-state index is 12.9. The Morgan fingerprint density at radius 1 is 1.00 bits per heavy atom. The molecule has 0 aliphatic heterocycles. The molecule has 2 rings (SSSR count). The van der Waals surface area contributed by atoms with Crippen molar-refractivity contribution in [2.24, 2.45) is 0 Å². The maximum Gasteiger partial charge on any atom is 0.244 e. The minimum absolute atomic E-state index is 0.0584. The van der Waals surface area contributed by atoms with Crippen molar-refractivity contribution in [2.75, 3.05) is 10.6 Å². The van der Waals surface area contributed by atoms with Crippen LogP contribution in [0.4, 0.5) is 5.69 Å². The molecule has 5 nitrogen and oxygen atoms in total. The van der Waals surface area contributed by atoms with Crippen LogP contribution in [0.1, 0.15) is 64.3 Å². The number of nitrogens with zero attached hydrogens (tertiary/aromatic N) is 1. The summed E-state index contributed by atoms with van der Waals surface area (Å²) in [6.45, 7) is 12.0. The molecule has 0 aliphatic carbocycles. The summed E-state index contributed by atoms with van der Waals surface area (Å²) in [5, 5.41) is 2.95. The van der Waals surface area contributed by atoms with E-state index in [1.54, 1.807) is 19.1 Å². The highest BCUT2D eigenvalue weighted by Gasteiger charge is 2.30. The maximum atomic E-state index is 12.9. The third kappa shape index (κ3) is 5.85. The normalized spacial score (nSPS) is 14.1. The lowest BCUT2D eigenvalue weighted by Gasteiger charge is -2.29. The van der Waals surface area contributed by atoms with Gasteiger partial charge in [-0.05, 0) is 54.5 Å². The molecule has 0 heterocycles. The molecule has 164 valence electrons. The van der Waals surface area contributed by atoms with E-state index in [-0.39, 0.29) is 17.4 Å². The van der Waals surface area contributed by atoms with E-state index in [1.807, 2.05) is 38.1 Å². The topological polar surface area (TPSA) is 66.5 Å². The summed E-state index contributed by atoms with van der Waals surface area (Å²) in [6.07, 6.45) is 1.99. The number of anilines is 1. The van der Waals surface area contributed by atoms with E-state index in [9.17, 15) is 13.2 Å². The number of nitrogens with one attached hydrogen (secondary N) is 1. The quantitative estimate of drug-likeness (QED) is 0.699. The summed E-state index contributed by atoms with van der Waals surface area (Å²) in [5.41, 5.74) is 3.85. The minimum atomic E-state index is -3.63. The predicted molar refractivity (Wildman–Crippen MR) is 124 cm³/mol. The van der Waals surface area contributed by atoms with Crippen molar-refractivity contribution in [1.29, 1.82) is 0 Å². The van der Waals surface area contributed by atoms with Crippen LogP contribution in [0.3, 0.4) is 0 Å². The molecule has 0 radical (unpaired) electrons. The van der Waals surface area contributed by atoms with Crippen molar-refractivity contribution in [3.63, 3.8) is 0 Å². The molecule has 2 aromatic carbocycles. The zero-order chi connectivity index (χ0) is 22.7. The summed E-state index contributed by atoms with van der Waals surface area (Å²) < 4.78 is 26.1. The summed E-state index contributed by atoms with van der Waals surface area (Å²) >= 11 is 0. The van der Waals surface area contributed by atoms with Gasteiger partial charge < -0.3 is 5.32 Å². The van der Waals surface area contributed by atoms with Crippen molar-refractivity contribution in [3.8, 4) is 0 Å². The number of rotatable bonds is 7. The van der Waals surface area contributed by atoms with Gasteiger partial charge in [0.05, 0.1) is 18.0 Å². The van der Waals surface area contributed by atoms with Crippen molar-refractivity contribution in [3.05, 3.63) is 65.2 Å². The number of amides is 1. The number of carbonyl (C=O) groups excluding carboxylic acids is 1. The van der Waals surface area contributed by atoms with Crippen LogP contribution < -0.4 is 9.62 Å². The van der Waals surface area contributed by atoms with Crippen LogP contribution in [-0.4, -0.2) is 26.6 Å².